The summed E-state index contributed by atoms with van der Waals surface area (Å²) in [5.74, 6) is -2.26. The van der Waals surface area contributed by atoms with Gasteiger partial charge in [-0.15, -0.1) is 0 Å². The van der Waals surface area contributed by atoms with Gasteiger partial charge in [0, 0.05) is 25.7 Å². The van der Waals surface area contributed by atoms with E-state index >= 15 is 0 Å². The number of ether oxygens (including phenoxy) is 4. The summed E-state index contributed by atoms with van der Waals surface area (Å²) in [5.41, 5.74) is 0. The Balaban J connectivity index is 5.39. The van der Waals surface area contributed by atoms with E-state index in [-0.39, 0.29) is 25.7 Å². The van der Waals surface area contributed by atoms with Crippen LogP contribution in [-0.2, 0) is 65.4 Å². The van der Waals surface area contributed by atoms with Crippen molar-refractivity contribution in [3.63, 3.8) is 0 Å². The molecule has 0 heterocycles. The molecular weight excluding hydrogens is 1260 g/mol. The smallest absolute Gasteiger partial charge is 0.462 e. The highest BCUT2D eigenvalue weighted by Gasteiger charge is 2.30. The van der Waals surface area contributed by atoms with Crippen LogP contribution in [0.15, 0.2) is 97.2 Å². The monoisotopic (exact) mass is 1390 g/mol. The second-order valence-corrected chi connectivity index (χ2v) is 27.8. The summed E-state index contributed by atoms with van der Waals surface area (Å²) in [6.07, 6.45) is 71.3. The third kappa shape index (κ3) is 68.5. The number of carbonyl (C=O) groups excluding carboxylic acids is 4. The summed E-state index contributed by atoms with van der Waals surface area (Å²) >= 11 is 0. The van der Waals surface area contributed by atoms with Crippen LogP contribution in [0.5, 0.6) is 0 Å². The Morgan fingerprint density at radius 3 is 0.917 bits per heavy atom. The van der Waals surface area contributed by atoms with Gasteiger partial charge in [0.2, 0.25) is 0 Å². The molecule has 0 aliphatic heterocycles. The Morgan fingerprint density at radius 2 is 0.552 bits per heavy atom. The minimum atomic E-state index is -4.99. The third-order valence-electron chi connectivity index (χ3n) is 15.5. The van der Waals surface area contributed by atoms with Crippen molar-refractivity contribution in [2.45, 2.75) is 329 Å². The van der Waals surface area contributed by atoms with Gasteiger partial charge in [-0.2, -0.15) is 0 Å². The molecule has 96 heavy (non-hydrogen) atoms. The Hall–Kier alpha value is -4.02. The van der Waals surface area contributed by atoms with Gasteiger partial charge in [-0.3, -0.25) is 37.3 Å². The van der Waals surface area contributed by atoms with Crippen molar-refractivity contribution in [3.05, 3.63) is 97.2 Å². The maximum absolute atomic E-state index is 13.1. The van der Waals surface area contributed by atoms with Crippen LogP contribution in [0, 0.1) is 0 Å². The highest BCUT2D eigenvalue weighted by Crippen LogP contribution is 2.45. The molecule has 5 atom stereocenters. The SMILES string of the molecule is CC/C=C\C/C=C\C/C=C\C/C=C\C/C=C\CCCC(=O)OCC(COP(=O)(O)OCC(O)COP(=O)(O)OCC(COC(=O)CCCCCCC/C=C\CCCCCC)OC(=O)CCCCCCCCCCCCC)OC(=O)CCCCCCC/C=C\C/C=C\CCCCC. The fraction of sp³-hybridized carbons (Fsp3) is 0.740. The van der Waals surface area contributed by atoms with Gasteiger partial charge in [0.1, 0.15) is 19.3 Å². The molecule has 554 valence electrons. The predicted molar refractivity (Wildman–Crippen MR) is 390 cm³/mol. The first kappa shape index (κ1) is 92.0. The summed E-state index contributed by atoms with van der Waals surface area (Å²) in [4.78, 5) is 72.7. The maximum atomic E-state index is 13.1. The summed E-state index contributed by atoms with van der Waals surface area (Å²) in [5, 5.41) is 10.6. The minimum absolute atomic E-state index is 0.0665. The van der Waals surface area contributed by atoms with Gasteiger partial charge in [-0.1, -0.05) is 260 Å². The van der Waals surface area contributed by atoms with Crippen molar-refractivity contribution in [2.24, 2.45) is 0 Å². The van der Waals surface area contributed by atoms with Gasteiger partial charge < -0.3 is 33.8 Å². The van der Waals surface area contributed by atoms with Crippen molar-refractivity contribution in [2.75, 3.05) is 39.6 Å². The lowest BCUT2D eigenvalue weighted by Crippen LogP contribution is -2.30. The lowest BCUT2D eigenvalue weighted by molar-refractivity contribution is -0.161. The van der Waals surface area contributed by atoms with E-state index in [4.69, 9.17) is 37.0 Å². The van der Waals surface area contributed by atoms with Crippen molar-refractivity contribution in [1.82, 2.24) is 0 Å². The fourth-order valence-electron chi connectivity index (χ4n) is 9.81. The molecule has 5 unspecified atom stereocenters. The van der Waals surface area contributed by atoms with E-state index < -0.39 is 97.5 Å². The van der Waals surface area contributed by atoms with Gasteiger partial charge >= 0.3 is 39.5 Å². The molecule has 0 spiro atoms. The molecule has 0 aromatic carbocycles. The van der Waals surface area contributed by atoms with E-state index in [1.165, 1.54) is 83.5 Å². The number of rotatable bonds is 70. The number of carbonyl (C=O) groups is 4. The summed E-state index contributed by atoms with van der Waals surface area (Å²) in [6.45, 7) is 4.63. The second kappa shape index (κ2) is 69.5. The number of allylic oxidation sites excluding steroid dienone is 16. The zero-order chi connectivity index (χ0) is 70.4. The Kier molecular flexibility index (Phi) is 66.6. The van der Waals surface area contributed by atoms with Crippen LogP contribution in [0.3, 0.4) is 0 Å². The topological polar surface area (TPSA) is 237 Å². The number of phosphoric ester groups is 2. The first-order valence-electron chi connectivity index (χ1n) is 37.5. The van der Waals surface area contributed by atoms with E-state index in [1.54, 1.807) is 0 Å². The lowest BCUT2D eigenvalue weighted by Gasteiger charge is -2.21. The summed E-state index contributed by atoms with van der Waals surface area (Å²) in [7, 11) is -9.96. The predicted octanol–water partition coefficient (Wildman–Crippen LogP) is 21.2. The molecule has 0 aromatic rings. The van der Waals surface area contributed by atoms with Gasteiger partial charge in [0.05, 0.1) is 26.4 Å². The number of unbranched alkanes of at least 4 members (excludes halogenated alkanes) is 28. The highest BCUT2D eigenvalue weighted by atomic mass is 31.2. The number of phosphoric acid groups is 2. The Bertz CT molecular complexity index is 2200. The average molecular weight is 1390 g/mol. The Labute approximate surface area is 582 Å². The van der Waals surface area contributed by atoms with Crippen LogP contribution in [0.4, 0.5) is 0 Å². The van der Waals surface area contributed by atoms with Gasteiger partial charge in [-0.05, 0) is 122 Å². The number of hydrogen-bond acceptors (Lipinski definition) is 15. The van der Waals surface area contributed by atoms with Crippen molar-refractivity contribution in [1.29, 1.82) is 0 Å². The largest absolute Gasteiger partial charge is 0.472 e. The van der Waals surface area contributed by atoms with Crippen molar-refractivity contribution < 1.29 is 80.2 Å². The molecule has 0 saturated carbocycles. The van der Waals surface area contributed by atoms with Gasteiger partial charge in [-0.25, -0.2) is 9.13 Å². The van der Waals surface area contributed by atoms with E-state index in [2.05, 4.69) is 113 Å². The number of esters is 4. The number of aliphatic hydroxyl groups excluding tert-OH is 1. The molecule has 19 heteroatoms. The van der Waals surface area contributed by atoms with E-state index in [1.807, 2.05) is 12.2 Å². The van der Waals surface area contributed by atoms with Gasteiger partial charge in [0.25, 0.3) is 0 Å². The molecular formula is C77H134O17P2. The zero-order valence-electron chi connectivity index (χ0n) is 60.3. The van der Waals surface area contributed by atoms with Crippen molar-refractivity contribution >= 4 is 39.5 Å². The average Bonchev–Trinajstić information content (AvgIpc) is 2.18. The summed E-state index contributed by atoms with van der Waals surface area (Å²) in [6, 6.07) is 0. The fourth-order valence-corrected chi connectivity index (χ4v) is 11.4. The normalized spacial score (nSPS) is 14.5. The van der Waals surface area contributed by atoms with Gasteiger partial charge in [0.15, 0.2) is 12.2 Å². The standard InChI is InChI=1S/C77H134O17P2/c1-5-9-13-17-21-25-29-32-34-35-37-39-43-46-50-54-58-62-75(80)88-68-73(94-77(82)64-60-56-52-48-44-40-36-33-30-26-22-18-14-10-6-2)70-92-96(85,86)90-66-71(78)65-89-95(83,84)91-69-72(93-76(81)63-59-55-51-47-41-28-24-20-16-12-8-4)67-87-74(79)61-57-53-49-45-42-38-31-27-23-19-15-11-7-3/h9,13,21-22,25-27,31-34,36-37,39,46,50,71-73,78H,5-8,10-12,14-20,23-24,28-30,35,38,40-45,47-49,51-70H2,1-4H3,(H,83,84)(H,85,86)/b13-9-,25-21-,26-22-,31-27-,34-32-,36-33-,39-37-,50-46-. The van der Waals surface area contributed by atoms with Crippen LogP contribution < -0.4 is 0 Å². The van der Waals surface area contributed by atoms with E-state index in [9.17, 15) is 43.2 Å². The molecule has 0 aromatic heterocycles. The number of hydrogen-bond donors (Lipinski definition) is 3. The summed E-state index contributed by atoms with van der Waals surface area (Å²) < 4.78 is 68.3. The molecule has 0 bridgehead atoms. The van der Waals surface area contributed by atoms with Crippen LogP contribution in [-0.4, -0.2) is 96.7 Å². The first-order valence-corrected chi connectivity index (χ1v) is 40.5. The minimum Gasteiger partial charge on any atom is -0.462 e. The second-order valence-electron chi connectivity index (χ2n) is 24.9. The molecule has 0 saturated heterocycles. The highest BCUT2D eigenvalue weighted by molar-refractivity contribution is 7.47. The molecule has 0 amide bonds. The molecule has 0 aliphatic rings. The zero-order valence-corrected chi connectivity index (χ0v) is 62.1. The Morgan fingerprint density at radius 1 is 0.302 bits per heavy atom. The van der Waals surface area contributed by atoms with Crippen LogP contribution in [0.2, 0.25) is 0 Å². The lowest BCUT2D eigenvalue weighted by atomic mass is 10.1. The molecule has 3 N–H and O–H groups in total. The molecule has 0 fully saturated rings. The molecule has 0 aliphatic carbocycles. The van der Waals surface area contributed by atoms with E-state index in [0.29, 0.717) is 32.1 Å². The maximum Gasteiger partial charge on any atom is 0.472 e. The number of aliphatic hydroxyl groups is 1. The van der Waals surface area contributed by atoms with Crippen LogP contribution in [0.1, 0.15) is 310 Å². The quantitative estimate of drug-likeness (QED) is 0.0169. The van der Waals surface area contributed by atoms with Crippen molar-refractivity contribution in [3.8, 4) is 0 Å². The molecule has 0 radical (unpaired) electrons. The van der Waals surface area contributed by atoms with Crippen LogP contribution >= 0.6 is 15.6 Å². The van der Waals surface area contributed by atoms with E-state index in [0.717, 1.165) is 141 Å². The first-order chi connectivity index (χ1) is 46.7. The van der Waals surface area contributed by atoms with Crippen LogP contribution in [0.25, 0.3) is 0 Å². The molecule has 17 nitrogen and oxygen atoms in total. The molecule has 0 rings (SSSR count). The third-order valence-corrected chi connectivity index (χ3v) is 17.4.